The van der Waals surface area contributed by atoms with Gasteiger partial charge in [-0.05, 0) is 61.6 Å². The molecule has 0 aliphatic carbocycles. The minimum atomic E-state index is 0.639. The van der Waals surface area contributed by atoms with Crippen LogP contribution in [0.2, 0.25) is 0 Å². The number of furan rings is 1. The Morgan fingerprint density at radius 3 is 1.59 bits per heavy atom. The highest BCUT2D eigenvalue weighted by Gasteiger charge is 2.18. The highest BCUT2D eigenvalue weighted by molar-refractivity contribution is 6.18. The molecule has 0 fully saturated rings. The molecular weight excluding hydrogens is 599 g/mol. The molecular formula is C45H27N3O. The summed E-state index contributed by atoms with van der Waals surface area (Å²) < 4.78 is 6.21. The first kappa shape index (κ1) is 27.5. The Bertz CT molecular complexity index is 2880. The molecule has 0 saturated carbocycles. The molecule has 49 heavy (non-hydrogen) atoms. The topological polar surface area (TPSA) is 51.8 Å². The van der Waals surface area contributed by atoms with Crippen molar-refractivity contribution in [3.63, 3.8) is 0 Å². The zero-order valence-electron chi connectivity index (χ0n) is 26.3. The van der Waals surface area contributed by atoms with Crippen LogP contribution in [0, 0.1) is 0 Å². The molecule has 2 aromatic heterocycles. The van der Waals surface area contributed by atoms with Crippen LogP contribution in [0.4, 0.5) is 0 Å². The number of nitrogens with zero attached hydrogens (tertiary/aromatic N) is 3. The van der Waals surface area contributed by atoms with Gasteiger partial charge in [0, 0.05) is 27.5 Å². The van der Waals surface area contributed by atoms with Crippen LogP contribution in [0.1, 0.15) is 0 Å². The van der Waals surface area contributed by atoms with Crippen LogP contribution in [0.5, 0.6) is 0 Å². The Morgan fingerprint density at radius 2 is 0.857 bits per heavy atom. The Hall–Kier alpha value is -6.65. The molecule has 0 amide bonds. The molecule has 10 aromatic rings. The molecule has 0 unspecified atom stereocenters. The third-order valence-electron chi connectivity index (χ3n) is 9.53. The van der Waals surface area contributed by atoms with Crippen LogP contribution in [0.25, 0.3) is 99.5 Å². The van der Waals surface area contributed by atoms with E-state index in [1.807, 2.05) is 36.4 Å². The van der Waals surface area contributed by atoms with Gasteiger partial charge in [-0.3, -0.25) is 0 Å². The third kappa shape index (κ3) is 4.49. The average Bonchev–Trinajstić information content (AvgIpc) is 3.54. The van der Waals surface area contributed by atoms with Crippen LogP contribution in [-0.2, 0) is 0 Å². The maximum Gasteiger partial charge on any atom is 0.164 e. The monoisotopic (exact) mass is 625 g/mol. The molecule has 8 aromatic carbocycles. The minimum Gasteiger partial charge on any atom is -0.456 e. The summed E-state index contributed by atoms with van der Waals surface area (Å²) in [6, 6.07) is 56.9. The number of benzene rings is 8. The maximum atomic E-state index is 6.21. The molecule has 10 rings (SSSR count). The highest BCUT2D eigenvalue weighted by Crippen LogP contribution is 2.39. The van der Waals surface area contributed by atoms with E-state index in [9.17, 15) is 0 Å². The van der Waals surface area contributed by atoms with E-state index in [0.29, 0.717) is 17.5 Å². The molecule has 228 valence electrons. The van der Waals surface area contributed by atoms with Gasteiger partial charge in [-0.25, -0.2) is 15.0 Å². The van der Waals surface area contributed by atoms with E-state index in [-0.39, 0.29) is 0 Å². The smallest absolute Gasteiger partial charge is 0.164 e. The van der Waals surface area contributed by atoms with Gasteiger partial charge in [0.25, 0.3) is 0 Å². The van der Waals surface area contributed by atoms with Crippen molar-refractivity contribution in [3.8, 4) is 45.3 Å². The van der Waals surface area contributed by atoms with Crippen molar-refractivity contribution in [3.05, 3.63) is 164 Å². The van der Waals surface area contributed by atoms with Gasteiger partial charge in [-0.2, -0.15) is 0 Å². The second-order valence-corrected chi connectivity index (χ2v) is 12.4. The van der Waals surface area contributed by atoms with Gasteiger partial charge in [0.05, 0.1) is 0 Å². The lowest BCUT2D eigenvalue weighted by Gasteiger charge is -2.13. The molecule has 0 bridgehead atoms. The number of aromatic nitrogens is 3. The molecule has 0 saturated heterocycles. The zero-order chi connectivity index (χ0) is 32.3. The van der Waals surface area contributed by atoms with Crippen molar-refractivity contribution in [1.82, 2.24) is 15.0 Å². The van der Waals surface area contributed by atoms with Crippen LogP contribution in [-0.4, -0.2) is 15.0 Å². The standard InChI is InChI=1S/C45H27N3O/c1-3-12-28(13-4-1)31-17-9-19-33-32(31)18-10-21-37(33)44-46-43(29-14-5-2-6-15-29)47-45(48-44)38-22-11-20-34-35(38)25-24-30-26-42-40(27-39(30)34)36-16-7-8-23-41(36)49-42/h1-27H. The van der Waals surface area contributed by atoms with Gasteiger partial charge in [-0.15, -0.1) is 0 Å². The van der Waals surface area contributed by atoms with E-state index < -0.39 is 0 Å². The number of fused-ring (bicyclic) bond motifs is 7. The number of para-hydroxylation sites is 1. The van der Waals surface area contributed by atoms with Crippen molar-refractivity contribution in [2.24, 2.45) is 0 Å². The van der Waals surface area contributed by atoms with Gasteiger partial charge in [-0.1, -0.05) is 146 Å². The Kier molecular flexibility index (Phi) is 6.15. The van der Waals surface area contributed by atoms with Gasteiger partial charge in [0.2, 0.25) is 0 Å². The molecule has 0 radical (unpaired) electrons. The fraction of sp³-hybridized carbons (Fsp3) is 0. The Morgan fingerprint density at radius 1 is 0.306 bits per heavy atom. The fourth-order valence-electron chi connectivity index (χ4n) is 7.21. The SMILES string of the molecule is c1ccc(-c2nc(-c3cccc4c(-c5ccccc5)cccc34)nc(-c3cccc4c3ccc3cc5oc6ccccc6c5cc34)n2)cc1. The zero-order valence-corrected chi connectivity index (χ0v) is 26.3. The van der Waals surface area contributed by atoms with Crippen LogP contribution in [0.3, 0.4) is 0 Å². The quantitative estimate of drug-likeness (QED) is 0.183. The van der Waals surface area contributed by atoms with E-state index >= 15 is 0 Å². The second-order valence-electron chi connectivity index (χ2n) is 12.4. The predicted molar refractivity (Wildman–Crippen MR) is 201 cm³/mol. The summed E-state index contributed by atoms with van der Waals surface area (Å²) in [5.74, 6) is 1.92. The van der Waals surface area contributed by atoms with Crippen LogP contribution < -0.4 is 0 Å². The van der Waals surface area contributed by atoms with Crippen molar-refractivity contribution in [2.45, 2.75) is 0 Å². The Labute approximate surface area is 282 Å². The molecule has 0 spiro atoms. The molecule has 4 nitrogen and oxygen atoms in total. The van der Waals surface area contributed by atoms with E-state index in [2.05, 4.69) is 127 Å². The van der Waals surface area contributed by atoms with E-state index in [4.69, 9.17) is 19.4 Å². The van der Waals surface area contributed by atoms with E-state index in [1.54, 1.807) is 0 Å². The average molecular weight is 626 g/mol. The predicted octanol–water partition coefficient (Wildman–Crippen LogP) is 11.9. The molecule has 4 heteroatoms. The minimum absolute atomic E-state index is 0.639. The Balaban J connectivity index is 1.21. The summed E-state index contributed by atoms with van der Waals surface area (Å²) in [5.41, 5.74) is 7.02. The molecule has 0 aliphatic heterocycles. The first-order valence-electron chi connectivity index (χ1n) is 16.4. The summed E-state index contributed by atoms with van der Waals surface area (Å²) in [5, 5.41) is 9.00. The van der Waals surface area contributed by atoms with Crippen LogP contribution >= 0.6 is 0 Å². The molecule has 0 N–H and O–H groups in total. The maximum absolute atomic E-state index is 6.21. The fourth-order valence-corrected chi connectivity index (χ4v) is 7.21. The normalized spacial score (nSPS) is 11.7. The van der Waals surface area contributed by atoms with Crippen molar-refractivity contribution < 1.29 is 4.42 Å². The van der Waals surface area contributed by atoms with Crippen molar-refractivity contribution >= 4 is 54.3 Å². The summed E-state index contributed by atoms with van der Waals surface area (Å²) in [6.45, 7) is 0. The summed E-state index contributed by atoms with van der Waals surface area (Å²) >= 11 is 0. The van der Waals surface area contributed by atoms with Crippen LogP contribution in [0.15, 0.2) is 168 Å². The van der Waals surface area contributed by atoms with Gasteiger partial charge >= 0.3 is 0 Å². The number of rotatable bonds is 4. The molecule has 0 atom stereocenters. The molecule has 0 aliphatic rings. The lowest BCUT2D eigenvalue weighted by Crippen LogP contribution is -2.01. The number of hydrogen-bond donors (Lipinski definition) is 0. The number of hydrogen-bond acceptors (Lipinski definition) is 4. The lowest BCUT2D eigenvalue weighted by atomic mass is 9.95. The van der Waals surface area contributed by atoms with Crippen molar-refractivity contribution in [2.75, 3.05) is 0 Å². The largest absolute Gasteiger partial charge is 0.456 e. The summed E-state index contributed by atoms with van der Waals surface area (Å²) in [4.78, 5) is 15.5. The van der Waals surface area contributed by atoms with Gasteiger partial charge < -0.3 is 4.42 Å². The summed E-state index contributed by atoms with van der Waals surface area (Å²) in [7, 11) is 0. The van der Waals surface area contributed by atoms with Gasteiger partial charge in [0.1, 0.15) is 11.2 Å². The van der Waals surface area contributed by atoms with Crippen molar-refractivity contribution in [1.29, 1.82) is 0 Å². The lowest BCUT2D eigenvalue weighted by molar-refractivity contribution is 0.669. The van der Waals surface area contributed by atoms with Gasteiger partial charge in [0.15, 0.2) is 17.5 Å². The first-order chi connectivity index (χ1) is 24.3. The highest BCUT2D eigenvalue weighted by atomic mass is 16.3. The van der Waals surface area contributed by atoms with E-state index in [0.717, 1.165) is 65.6 Å². The van der Waals surface area contributed by atoms with E-state index in [1.165, 1.54) is 16.5 Å². The molecule has 2 heterocycles. The summed E-state index contributed by atoms with van der Waals surface area (Å²) in [6.07, 6.45) is 0. The third-order valence-corrected chi connectivity index (χ3v) is 9.53. The second kappa shape index (κ2) is 11.0. The first-order valence-corrected chi connectivity index (χ1v) is 16.4.